The molecule has 0 aliphatic heterocycles. The number of halogens is 3. The van der Waals surface area contributed by atoms with E-state index in [9.17, 15) is 13.2 Å². The normalized spacial score (nSPS) is 11.7. The summed E-state index contributed by atoms with van der Waals surface area (Å²) in [5.41, 5.74) is 1.73. The number of aromatic nitrogens is 17. The topological polar surface area (TPSA) is 311 Å². The van der Waals surface area contributed by atoms with Crippen LogP contribution >= 0.6 is 34.2 Å². The van der Waals surface area contributed by atoms with Crippen molar-refractivity contribution in [3.8, 4) is 0 Å². The zero-order chi connectivity index (χ0) is 69.3. The van der Waals surface area contributed by atoms with E-state index in [4.69, 9.17) is 27.0 Å². The van der Waals surface area contributed by atoms with Gasteiger partial charge in [-0.1, -0.05) is 176 Å². The Morgan fingerprint density at radius 2 is 1.09 bits per heavy atom. The lowest BCUT2D eigenvalue weighted by Gasteiger charge is -2.00. The fourth-order valence-corrected chi connectivity index (χ4v) is 8.08. The van der Waals surface area contributed by atoms with Crippen LogP contribution in [0.1, 0.15) is 314 Å². The van der Waals surface area contributed by atoms with Crippen LogP contribution in [0.5, 0.6) is 0 Å². The molecular weight excluding hydrogens is 1250 g/mol. The molecule has 1 fully saturated rings. The largest absolute Gasteiger partial charge is 0.443 e. The quantitative estimate of drug-likeness (QED) is 0.110. The molecule has 0 bridgehead atoms. The van der Waals surface area contributed by atoms with E-state index >= 15 is 0 Å². The molecular formula is C62H96F3N17O7S3. The summed E-state index contributed by atoms with van der Waals surface area (Å²) in [6.45, 7) is 48.3. The van der Waals surface area contributed by atoms with Gasteiger partial charge in [-0.25, -0.2) is 14.3 Å². The van der Waals surface area contributed by atoms with Gasteiger partial charge in [0.2, 0.25) is 48.1 Å². The van der Waals surface area contributed by atoms with Gasteiger partial charge in [0, 0.05) is 82.5 Å². The number of hydrogen-bond donors (Lipinski definition) is 0. The zero-order valence-electron chi connectivity index (χ0n) is 57.8. The van der Waals surface area contributed by atoms with Crippen molar-refractivity contribution < 1.29 is 44.7 Å². The fourth-order valence-electron chi connectivity index (χ4n) is 5.88. The third-order valence-corrected chi connectivity index (χ3v) is 14.3. The molecule has 1 aliphatic rings. The monoisotopic (exact) mass is 1340 g/mol. The van der Waals surface area contributed by atoms with Crippen molar-refractivity contribution in [3.63, 3.8) is 0 Å². The van der Waals surface area contributed by atoms with Crippen molar-refractivity contribution >= 4 is 34.2 Å². The van der Waals surface area contributed by atoms with Gasteiger partial charge in [0.25, 0.3) is 0 Å². The number of alkyl halides is 3. The molecule has 0 amide bonds. The highest BCUT2D eigenvalue weighted by molar-refractivity contribution is 7.10. The van der Waals surface area contributed by atoms with Crippen LogP contribution in [0.25, 0.3) is 0 Å². The van der Waals surface area contributed by atoms with Gasteiger partial charge in [0.05, 0.1) is 16.4 Å². The van der Waals surface area contributed by atoms with E-state index in [-0.39, 0.29) is 5.92 Å². The highest BCUT2D eigenvalue weighted by Crippen LogP contribution is 2.38. The Morgan fingerprint density at radius 1 is 0.522 bits per heavy atom. The van der Waals surface area contributed by atoms with Gasteiger partial charge in [0.1, 0.15) is 0 Å². The van der Waals surface area contributed by atoms with Crippen molar-refractivity contribution in [2.45, 2.75) is 257 Å². The molecule has 0 radical (unpaired) electrons. The highest BCUT2D eigenvalue weighted by atomic mass is 32.1. The van der Waals surface area contributed by atoms with Crippen LogP contribution in [-0.2, 0) is 12.6 Å². The maximum atomic E-state index is 12.0. The van der Waals surface area contributed by atoms with Crippen LogP contribution in [0.4, 0.5) is 13.2 Å². The first kappa shape index (κ1) is 80.8. The Bertz CT molecular complexity index is 3080. The molecule has 10 aromatic rings. The average Bonchev–Trinajstić information content (AvgIpc) is 1.88. The third-order valence-electron chi connectivity index (χ3n) is 11.5. The van der Waals surface area contributed by atoms with E-state index in [0.29, 0.717) is 106 Å². The van der Waals surface area contributed by atoms with E-state index < -0.39 is 11.2 Å². The summed E-state index contributed by atoms with van der Waals surface area (Å²) in [5, 5.41) is 33.4. The van der Waals surface area contributed by atoms with Crippen molar-refractivity contribution in [1.29, 1.82) is 0 Å². The van der Waals surface area contributed by atoms with Crippen molar-refractivity contribution in [2.75, 3.05) is 0 Å². The number of rotatable bonds is 12. The van der Waals surface area contributed by atoms with E-state index in [2.05, 4.69) is 143 Å². The number of hydrogen-bond acceptors (Lipinski definition) is 27. The Kier molecular flexibility index (Phi) is 36.9. The molecule has 0 aromatic carbocycles. The predicted molar refractivity (Wildman–Crippen MR) is 348 cm³/mol. The molecule has 0 saturated heterocycles. The Labute approximate surface area is 551 Å². The van der Waals surface area contributed by atoms with Gasteiger partial charge in [-0.05, 0) is 62.0 Å². The van der Waals surface area contributed by atoms with Crippen molar-refractivity contribution in [1.82, 2.24) is 85.4 Å². The van der Waals surface area contributed by atoms with Crippen molar-refractivity contribution in [3.05, 3.63) is 133 Å². The van der Waals surface area contributed by atoms with Gasteiger partial charge < -0.3 is 31.6 Å². The summed E-state index contributed by atoms with van der Waals surface area (Å²) in [6.07, 6.45) is 4.96. The number of thiazole rings is 2. The van der Waals surface area contributed by atoms with E-state index in [0.717, 1.165) is 41.5 Å². The minimum atomic E-state index is -4.29. The molecule has 10 heterocycles. The molecule has 24 nitrogen and oxygen atoms in total. The van der Waals surface area contributed by atoms with Gasteiger partial charge >= 0.3 is 6.18 Å². The first-order chi connectivity index (χ1) is 43.2. The standard InChI is InChI=1S/C8H12N2O.C7H8F3NS.C7H12N2O.C7H11NS.2C6H10N2O.C6H9NS.3C5H8N2O/c1-5(2)8-9-7(10-11-8)6-3-4-6;1-4(2)5-3-12-6(11-5)7(8,9)10;1-4-6-8-7(5(2)3)10-9-6;1-5(2)7-4-9-6(3)8-7;1-4(2)6-7-5(3)9-8-6;1-4(2)6-7-5(3)8-9-6;1-5(2)6-3-4-7-8-6;1-4(2)5-7-6-3-8-5;1-4(2)5-6-3-8-7-5;1-4(2)5-6-3-7-8-5/h5-6H,3-4H2,1-2H3;3-4H,1-2H3;5H,4H2,1-3H3;4-5H,1-3H3;2*4H,1-3H3;3-5H,1-2H3;3*3-4H,1-2H3. The SMILES string of the molecule is CC(C)c1ccns1.CC(C)c1csc(C(F)(F)F)n1.CC(C)c1nc(C2CC2)no1.CC(C)c1ncno1.CC(C)c1ncon1.CC(C)c1nnco1.CCc1noc(C(C)C)n1.Cc1nc(C(C)C)cs1.Cc1nc(C(C)C)no1.Cc1noc(C(C)C)n1. The van der Waals surface area contributed by atoms with Gasteiger partial charge in [-0.2, -0.15) is 43.1 Å². The molecule has 1 aliphatic carbocycles. The molecule has 10 aromatic heterocycles. The third kappa shape index (κ3) is 32.8. The van der Waals surface area contributed by atoms with Crippen LogP contribution in [0.15, 0.2) is 73.7 Å². The number of aryl methyl sites for hydroxylation is 4. The molecule has 92 heavy (non-hydrogen) atoms. The van der Waals surface area contributed by atoms with Gasteiger partial charge in [-0.15, -0.1) is 32.9 Å². The smallest absolute Gasteiger partial charge is 0.428 e. The van der Waals surface area contributed by atoms with Crippen LogP contribution < -0.4 is 0 Å². The van der Waals surface area contributed by atoms with E-state index in [1.807, 2.05) is 124 Å². The molecule has 1 saturated carbocycles. The Hall–Kier alpha value is -7.34. The van der Waals surface area contributed by atoms with Gasteiger partial charge in [-0.3, -0.25) is 0 Å². The maximum Gasteiger partial charge on any atom is 0.443 e. The minimum absolute atomic E-state index is 0.0531. The van der Waals surface area contributed by atoms with Gasteiger partial charge in [0.15, 0.2) is 40.5 Å². The highest BCUT2D eigenvalue weighted by Gasteiger charge is 2.34. The Balaban J connectivity index is 0.000000349. The molecule has 0 N–H and O–H groups in total. The second-order valence-corrected chi connectivity index (χ2v) is 26.5. The van der Waals surface area contributed by atoms with Crippen LogP contribution in [0.3, 0.4) is 0 Å². The van der Waals surface area contributed by atoms with E-state index in [1.54, 1.807) is 29.8 Å². The first-order valence-corrected chi connectivity index (χ1v) is 33.2. The summed E-state index contributed by atoms with van der Waals surface area (Å²) in [4.78, 5) is 33.4. The predicted octanol–water partition coefficient (Wildman–Crippen LogP) is 18.5. The summed E-state index contributed by atoms with van der Waals surface area (Å²) < 4.78 is 73.8. The lowest BCUT2D eigenvalue weighted by atomic mass is 10.2. The van der Waals surface area contributed by atoms with E-state index in [1.165, 1.54) is 52.9 Å². The maximum absolute atomic E-state index is 12.0. The fraction of sp³-hybridized carbons (Fsp3) is 0.629. The Morgan fingerprint density at radius 3 is 1.36 bits per heavy atom. The molecule has 510 valence electrons. The van der Waals surface area contributed by atoms with Crippen molar-refractivity contribution in [2.24, 2.45) is 0 Å². The molecule has 0 spiro atoms. The number of nitrogens with zero attached hydrogens (tertiary/aromatic N) is 17. The molecule has 0 unspecified atom stereocenters. The molecule has 11 rings (SSSR count). The molecule has 30 heteroatoms. The van der Waals surface area contributed by atoms with Crippen LogP contribution in [-0.4, -0.2) is 85.4 Å². The lowest BCUT2D eigenvalue weighted by molar-refractivity contribution is -0.137. The average molecular weight is 1340 g/mol. The van der Waals surface area contributed by atoms with Crippen LogP contribution in [0.2, 0.25) is 0 Å². The second kappa shape index (κ2) is 42.0. The van der Waals surface area contributed by atoms with Crippen LogP contribution in [0, 0.1) is 20.8 Å². The minimum Gasteiger partial charge on any atom is -0.428 e. The first-order valence-electron chi connectivity index (χ1n) is 30.6. The second-order valence-electron chi connectivity index (χ2n) is 23.7. The summed E-state index contributed by atoms with van der Waals surface area (Å²) in [6, 6.07) is 2.06. The zero-order valence-corrected chi connectivity index (χ0v) is 60.3. The summed E-state index contributed by atoms with van der Waals surface area (Å²) >= 11 is 3.95. The lowest BCUT2D eigenvalue weighted by Crippen LogP contribution is -2.04. The summed E-state index contributed by atoms with van der Waals surface area (Å²) in [5.74, 6) is 12.6. The molecule has 0 atom stereocenters. The summed E-state index contributed by atoms with van der Waals surface area (Å²) in [7, 11) is 0.